The minimum atomic E-state index is -1.01. The topological polar surface area (TPSA) is 81.4 Å². The predicted octanol–water partition coefficient (Wildman–Crippen LogP) is 0.705. The number of aromatic nitrogens is 2. The smallest absolute Gasteiger partial charge is 0.358 e. The molecule has 15 heavy (non-hydrogen) atoms. The summed E-state index contributed by atoms with van der Waals surface area (Å²) in [7, 11) is 0. The largest absolute Gasteiger partial charge is 0.480 e. The standard InChI is InChI=1S/C9H12N2O4/c1-3-15-9(14)7-4-5-11(10-7)6(2)8(12)13/h4-6H,3H2,1-2H3,(H,12,13)/t6-/m0/s1. The molecular weight excluding hydrogens is 200 g/mol. The number of hydrogen-bond donors (Lipinski definition) is 1. The molecule has 0 aliphatic carbocycles. The van der Waals surface area contributed by atoms with Gasteiger partial charge in [0.25, 0.3) is 0 Å². The highest BCUT2D eigenvalue weighted by atomic mass is 16.5. The zero-order chi connectivity index (χ0) is 11.4. The summed E-state index contributed by atoms with van der Waals surface area (Å²) < 4.78 is 5.92. The number of aliphatic carboxylic acids is 1. The Morgan fingerprint density at radius 3 is 2.87 bits per heavy atom. The third-order valence-corrected chi connectivity index (χ3v) is 1.85. The molecule has 0 saturated carbocycles. The van der Waals surface area contributed by atoms with Gasteiger partial charge in [-0.25, -0.2) is 9.59 Å². The van der Waals surface area contributed by atoms with Crippen molar-refractivity contribution in [2.45, 2.75) is 19.9 Å². The van der Waals surface area contributed by atoms with Crippen LogP contribution >= 0.6 is 0 Å². The van der Waals surface area contributed by atoms with Crippen LogP contribution in [0.4, 0.5) is 0 Å². The first-order chi connectivity index (χ1) is 7.06. The molecule has 0 amide bonds. The summed E-state index contributed by atoms with van der Waals surface area (Å²) in [6.45, 7) is 3.43. The SMILES string of the molecule is CCOC(=O)c1ccn([C@@H](C)C(=O)O)n1. The third kappa shape index (κ3) is 2.55. The van der Waals surface area contributed by atoms with Gasteiger partial charge < -0.3 is 9.84 Å². The van der Waals surface area contributed by atoms with Crippen LogP contribution in [0.5, 0.6) is 0 Å². The van der Waals surface area contributed by atoms with E-state index in [1.165, 1.54) is 23.9 Å². The summed E-state index contributed by atoms with van der Waals surface area (Å²) in [4.78, 5) is 21.8. The zero-order valence-corrected chi connectivity index (χ0v) is 8.51. The molecule has 0 aliphatic heterocycles. The van der Waals surface area contributed by atoms with Gasteiger partial charge in [0, 0.05) is 6.20 Å². The number of carboxylic acids is 1. The van der Waals surface area contributed by atoms with Gasteiger partial charge in [-0.15, -0.1) is 0 Å². The lowest BCUT2D eigenvalue weighted by Gasteiger charge is -2.05. The molecule has 0 radical (unpaired) electrons. The van der Waals surface area contributed by atoms with Gasteiger partial charge in [-0.3, -0.25) is 4.68 Å². The molecule has 1 rings (SSSR count). The van der Waals surface area contributed by atoms with E-state index in [1.807, 2.05) is 0 Å². The maximum Gasteiger partial charge on any atom is 0.358 e. The van der Waals surface area contributed by atoms with Crippen molar-refractivity contribution in [1.82, 2.24) is 9.78 Å². The monoisotopic (exact) mass is 212 g/mol. The lowest BCUT2D eigenvalue weighted by Crippen LogP contribution is -2.17. The van der Waals surface area contributed by atoms with E-state index in [4.69, 9.17) is 9.84 Å². The summed E-state index contributed by atoms with van der Waals surface area (Å²) in [5, 5.41) is 12.5. The second-order valence-electron chi connectivity index (χ2n) is 2.92. The first-order valence-electron chi connectivity index (χ1n) is 4.51. The van der Waals surface area contributed by atoms with Crippen LogP contribution in [0.1, 0.15) is 30.4 Å². The fraction of sp³-hybridized carbons (Fsp3) is 0.444. The normalized spacial score (nSPS) is 12.1. The van der Waals surface area contributed by atoms with Crippen molar-refractivity contribution in [3.8, 4) is 0 Å². The summed E-state index contributed by atoms with van der Waals surface area (Å²) in [6.07, 6.45) is 1.44. The van der Waals surface area contributed by atoms with E-state index in [9.17, 15) is 9.59 Å². The molecule has 0 aromatic carbocycles. The van der Waals surface area contributed by atoms with Crippen LogP contribution in [-0.2, 0) is 9.53 Å². The van der Waals surface area contributed by atoms with Crippen LogP contribution in [0.25, 0.3) is 0 Å². The van der Waals surface area contributed by atoms with Crippen LogP contribution in [0, 0.1) is 0 Å². The first-order valence-corrected chi connectivity index (χ1v) is 4.51. The molecule has 1 N–H and O–H groups in total. The van der Waals surface area contributed by atoms with Crippen LogP contribution < -0.4 is 0 Å². The van der Waals surface area contributed by atoms with Gasteiger partial charge in [-0.1, -0.05) is 0 Å². The second kappa shape index (κ2) is 4.59. The number of esters is 1. The minimum Gasteiger partial charge on any atom is -0.480 e. The molecular formula is C9H12N2O4. The Balaban J connectivity index is 2.80. The van der Waals surface area contributed by atoms with Crippen LogP contribution in [-0.4, -0.2) is 33.4 Å². The Morgan fingerprint density at radius 1 is 1.67 bits per heavy atom. The van der Waals surface area contributed by atoms with Crippen molar-refractivity contribution in [2.24, 2.45) is 0 Å². The summed E-state index contributed by atoms with van der Waals surface area (Å²) in [5.74, 6) is -1.55. The average Bonchev–Trinajstić information content (AvgIpc) is 2.65. The molecule has 1 atom stereocenters. The summed E-state index contributed by atoms with van der Waals surface area (Å²) >= 11 is 0. The van der Waals surface area contributed by atoms with Crippen LogP contribution in [0.15, 0.2) is 12.3 Å². The molecule has 0 aliphatic rings. The van der Waals surface area contributed by atoms with Crippen LogP contribution in [0.2, 0.25) is 0 Å². The molecule has 1 heterocycles. The minimum absolute atomic E-state index is 0.116. The first kappa shape index (κ1) is 11.2. The maximum absolute atomic E-state index is 11.2. The average molecular weight is 212 g/mol. The molecule has 0 bridgehead atoms. The van der Waals surface area contributed by atoms with Gasteiger partial charge in [-0.05, 0) is 19.9 Å². The number of hydrogen-bond acceptors (Lipinski definition) is 4. The van der Waals surface area contributed by atoms with Gasteiger partial charge in [0.15, 0.2) is 5.69 Å². The van der Waals surface area contributed by atoms with E-state index >= 15 is 0 Å². The molecule has 1 aromatic rings. The quantitative estimate of drug-likeness (QED) is 0.743. The Bertz CT molecular complexity index is 372. The number of nitrogens with zero attached hydrogens (tertiary/aromatic N) is 2. The van der Waals surface area contributed by atoms with Crippen molar-refractivity contribution >= 4 is 11.9 Å². The van der Waals surface area contributed by atoms with E-state index in [-0.39, 0.29) is 12.3 Å². The molecule has 6 heteroatoms. The molecule has 82 valence electrons. The number of rotatable bonds is 4. The fourth-order valence-electron chi connectivity index (χ4n) is 0.981. The van der Waals surface area contributed by atoms with Crippen molar-refractivity contribution < 1.29 is 19.4 Å². The Morgan fingerprint density at radius 2 is 2.33 bits per heavy atom. The van der Waals surface area contributed by atoms with E-state index < -0.39 is 18.0 Å². The molecule has 0 fully saturated rings. The van der Waals surface area contributed by atoms with Crippen molar-refractivity contribution in [3.05, 3.63) is 18.0 Å². The Hall–Kier alpha value is -1.85. The van der Waals surface area contributed by atoms with Crippen LogP contribution in [0.3, 0.4) is 0 Å². The van der Waals surface area contributed by atoms with Crippen molar-refractivity contribution in [2.75, 3.05) is 6.61 Å². The molecule has 6 nitrogen and oxygen atoms in total. The van der Waals surface area contributed by atoms with Gasteiger partial charge in [0.1, 0.15) is 6.04 Å². The number of carbonyl (C=O) groups is 2. The number of ether oxygens (including phenoxy) is 1. The Kier molecular flexibility index (Phi) is 3.43. The van der Waals surface area contributed by atoms with E-state index in [1.54, 1.807) is 6.92 Å². The van der Waals surface area contributed by atoms with Crippen molar-refractivity contribution in [3.63, 3.8) is 0 Å². The predicted molar refractivity (Wildman–Crippen MR) is 50.5 cm³/mol. The molecule has 0 spiro atoms. The number of carbonyl (C=O) groups excluding carboxylic acids is 1. The fourth-order valence-corrected chi connectivity index (χ4v) is 0.981. The lowest BCUT2D eigenvalue weighted by atomic mass is 10.4. The zero-order valence-electron chi connectivity index (χ0n) is 8.51. The lowest BCUT2D eigenvalue weighted by molar-refractivity contribution is -0.140. The summed E-state index contributed by atoms with van der Waals surface area (Å²) in [5.41, 5.74) is 0.116. The highest BCUT2D eigenvalue weighted by Gasteiger charge is 2.17. The van der Waals surface area contributed by atoms with E-state index in [2.05, 4.69) is 5.10 Å². The van der Waals surface area contributed by atoms with Gasteiger partial charge in [-0.2, -0.15) is 5.10 Å². The highest BCUT2D eigenvalue weighted by molar-refractivity contribution is 5.87. The number of carboxylic acid groups (broad SMARTS) is 1. The maximum atomic E-state index is 11.2. The highest BCUT2D eigenvalue weighted by Crippen LogP contribution is 2.06. The molecule has 0 unspecified atom stereocenters. The van der Waals surface area contributed by atoms with E-state index in [0.29, 0.717) is 0 Å². The van der Waals surface area contributed by atoms with Gasteiger partial charge in [0.2, 0.25) is 0 Å². The third-order valence-electron chi connectivity index (χ3n) is 1.85. The van der Waals surface area contributed by atoms with Gasteiger partial charge in [0.05, 0.1) is 6.61 Å². The molecule has 1 aromatic heterocycles. The van der Waals surface area contributed by atoms with E-state index in [0.717, 1.165) is 0 Å². The second-order valence-corrected chi connectivity index (χ2v) is 2.92. The summed E-state index contributed by atoms with van der Waals surface area (Å²) in [6, 6.07) is 0.630. The van der Waals surface area contributed by atoms with Gasteiger partial charge >= 0.3 is 11.9 Å². The molecule has 0 saturated heterocycles. The Labute approximate surface area is 86.5 Å². The van der Waals surface area contributed by atoms with Crippen molar-refractivity contribution in [1.29, 1.82) is 0 Å².